The molecule has 0 spiro atoms. The molecule has 10 nitrogen and oxygen atoms in total. The van der Waals surface area contributed by atoms with Gasteiger partial charge in [-0.2, -0.15) is 0 Å². The molecular weight excluding hydrogens is 382 g/mol. The van der Waals surface area contributed by atoms with Crippen molar-refractivity contribution in [1.82, 2.24) is 5.32 Å². The number of non-ortho nitro benzene ring substituents is 1. The Morgan fingerprint density at radius 3 is 2.38 bits per heavy atom. The molecule has 1 amide bonds. The van der Waals surface area contributed by atoms with Crippen LogP contribution in [0.4, 0.5) is 11.4 Å². The van der Waals surface area contributed by atoms with E-state index in [9.17, 15) is 19.7 Å². The molecule has 0 saturated carbocycles. The Hall–Kier alpha value is -3.82. The smallest absolute Gasteiger partial charge is 0.342 e. The van der Waals surface area contributed by atoms with Gasteiger partial charge in [0.25, 0.3) is 11.6 Å². The fraction of sp³-hybridized carbons (Fsp3) is 0.263. The van der Waals surface area contributed by atoms with E-state index in [2.05, 4.69) is 10.6 Å². The van der Waals surface area contributed by atoms with Crippen LogP contribution in [0.1, 0.15) is 10.4 Å². The molecule has 0 aliphatic carbocycles. The van der Waals surface area contributed by atoms with Gasteiger partial charge < -0.3 is 24.8 Å². The monoisotopic (exact) mass is 403 g/mol. The summed E-state index contributed by atoms with van der Waals surface area (Å²) in [5, 5.41) is 16.2. The fourth-order valence-electron chi connectivity index (χ4n) is 2.42. The molecule has 29 heavy (non-hydrogen) atoms. The summed E-state index contributed by atoms with van der Waals surface area (Å²) in [4.78, 5) is 34.2. The lowest BCUT2D eigenvalue weighted by atomic mass is 10.2. The summed E-state index contributed by atoms with van der Waals surface area (Å²) < 4.78 is 15.3. The van der Waals surface area contributed by atoms with Crippen LogP contribution in [0.25, 0.3) is 0 Å². The largest absolute Gasteiger partial charge is 0.493 e. The van der Waals surface area contributed by atoms with Gasteiger partial charge in [-0.1, -0.05) is 6.07 Å². The van der Waals surface area contributed by atoms with Crippen molar-refractivity contribution in [3.05, 3.63) is 58.1 Å². The van der Waals surface area contributed by atoms with Crippen LogP contribution >= 0.6 is 0 Å². The Morgan fingerprint density at radius 1 is 1.03 bits per heavy atom. The molecule has 0 atom stereocenters. The first kappa shape index (κ1) is 21.5. The van der Waals surface area contributed by atoms with Gasteiger partial charge in [-0.05, 0) is 24.3 Å². The highest BCUT2D eigenvalue weighted by Crippen LogP contribution is 2.31. The summed E-state index contributed by atoms with van der Waals surface area (Å²) in [7, 11) is 2.85. The standard InChI is InChI=1S/C19H21N3O7/c1-27-16-5-3-4-15(18(16)28-2)19(24)29-12-17(23)21-11-10-20-13-6-8-14(9-7-13)22(25)26/h3-9,20H,10-12H2,1-2H3,(H,21,23). The molecular formula is C19H21N3O7. The van der Waals surface area contributed by atoms with Crippen LogP contribution in [0.5, 0.6) is 11.5 Å². The lowest BCUT2D eigenvalue weighted by Gasteiger charge is -2.12. The number of nitro groups is 1. The molecule has 154 valence electrons. The first-order chi connectivity index (χ1) is 14.0. The third kappa shape index (κ3) is 6.09. The topological polar surface area (TPSA) is 129 Å². The van der Waals surface area contributed by atoms with Gasteiger partial charge in [0.05, 0.1) is 19.1 Å². The Bertz CT molecular complexity index is 869. The first-order valence-corrected chi connectivity index (χ1v) is 8.59. The number of anilines is 1. The minimum atomic E-state index is -0.708. The van der Waals surface area contributed by atoms with Crippen molar-refractivity contribution in [2.75, 3.05) is 39.2 Å². The van der Waals surface area contributed by atoms with Crippen molar-refractivity contribution < 1.29 is 28.7 Å². The van der Waals surface area contributed by atoms with Crippen LogP contribution in [0.2, 0.25) is 0 Å². The van der Waals surface area contributed by atoms with E-state index in [1.54, 1.807) is 24.3 Å². The molecule has 0 aliphatic heterocycles. The second-order valence-electron chi connectivity index (χ2n) is 5.70. The maximum Gasteiger partial charge on any atom is 0.342 e. The van der Waals surface area contributed by atoms with Gasteiger partial charge >= 0.3 is 5.97 Å². The highest BCUT2D eigenvalue weighted by Gasteiger charge is 2.18. The quantitative estimate of drug-likeness (QED) is 0.267. The van der Waals surface area contributed by atoms with Crippen LogP contribution in [0.15, 0.2) is 42.5 Å². The van der Waals surface area contributed by atoms with Crippen LogP contribution in [0.3, 0.4) is 0 Å². The number of carbonyl (C=O) groups excluding carboxylic acids is 2. The van der Waals surface area contributed by atoms with Gasteiger partial charge in [-0.3, -0.25) is 14.9 Å². The summed E-state index contributed by atoms with van der Waals surface area (Å²) in [6.45, 7) is 0.216. The Kier molecular flexibility index (Phi) is 7.78. The zero-order valence-electron chi connectivity index (χ0n) is 16.0. The third-order valence-corrected chi connectivity index (χ3v) is 3.81. The first-order valence-electron chi connectivity index (χ1n) is 8.59. The number of amides is 1. The van der Waals surface area contributed by atoms with E-state index in [1.165, 1.54) is 32.4 Å². The molecule has 0 radical (unpaired) electrons. The average Bonchev–Trinajstić information content (AvgIpc) is 2.74. The number of carbonyl (C=O) groups is 2. The van der Waals surface area contributed by atoms with Crippen molar-refractivity contribution in [1.29, 1.82) is 0 Å². The Balaban J connectivity index is 1.74. The normalized spacial score (nSPS) is 10.0. The highest BCUT2D eigenvalue weighted by molar-refractivity contribution is 5.94. The number of nitrogens with one attached hydrogen (secondary N) is 2. The van der Waals surface area contributed by atoms with E-state index in [-0.39, 0.29) is 23.5 Å². The zero-order valence-corrected chi connectivity index (χ0v) is 16.0. The van der Waals surface area contributed by atoms with Gasteiger partial charge in [-0.25, -0.2) is 4.79 Å². The van der Waals surface area contributed by atoms with Crippen LogP contribution in [0, 0.1) is 10.1 Å². The summed E-state index contributed by atoms with van der Waals surface area (Å²) >= 11 is 0. The van der Waals surface area contributed by atoms with Crippen LogP contribution < -0.4 is 20.1 Å². The summed E-state index contributed by atoms with van der Waals surface area (Å²) in [6.07, 6.45) is 0. The second kappa shape index (κ2) is 10.5. The number of hydrogen-bond acceptors (Lipinski definition) is 8. The van der Waals surface area contributed by atoms with Crippen molar-refractivity contribution in [3.8, 4) is 11.5 Å². The number of ether oxygens (including phenoxy) is 3. The van der Waals surface area contributed by atoms with E-state index in [1.807, 2.05) is 0 Å². The molecule has 2 rings (SSSR count). The number of para-hydroxylation sites is 1. The number of hydrogen-bond donors (Lipinski definition) is 2. The van der Waals surface area contributed by atoms with E-state index in [0.29, 0.717) is 18.0 Å². The van der Waals surface area contributed by atoms with Crippen molar-refractivity contribution in [3.63, 3.8) is 0 Å². The molecule has 0 bridgehead atoms. The number of nitrogens with zero attached hydrogens (tertiary/aromatic N) is 1. The fourth-order valence-corrected chi connectivity index (χ4v) is 2.42. The van der Waals surface area contributed by atoms with Crippen molar-refractivity contribution in [2.45, 2.75) is 0 Å². The van der Waals surface area contributed by atoms with Gasteiger partial charge in [0, 0.05) is 30.9 Å². The molecule has 10 heteroatoms. The molecule has 0 fully saturated rings. The second-order valence-corrected chi connectivity index (χ2v) is 5.70. The minimum Gasteiger partial charge on any atom is -0.493 e. The van der Waals surface area contributed by atoms with Gasteiger partial charge in [0.15, 0.2) is 18.1 Å². The molecule has 0 aliphatic rings. The molecule has 0 aromatic heterocycles. The van der Waals surface area contributed by atoms with Crippen LogP contribution in [-0.4, -0.2) is 50.7 Å². The molecule has 0 heterocycles. The maximum atomic E-state index is 12.2. The number of nitro benzene ring substituents is 1. The van der Waals surface area contributed by atoms with E-state index in [0.717, 1.165) is 0 Å². The Labute approximate surface area is 166 Å². The highest BCUT2D eigenvalue weighted by atomic mass is 16.6. The number of rotatable bonds is 10. The van der Waals surface area contributed by atoms with Crippen molar-refractivity contribution >= 4 is 23.3 Å². The summed E-state index contributed by atoms with van der Waals surface area (Å²) in [5.74, 6) is -0.568. The summed E-state index contributed by atoms with van der Waals surface area (Å²) in [5.41, 5.74) is 0.833. The zero-order chi connectivity index (χ0) is 21.2. The number of esters is 1. The molecule has 2 aromatic carbocycles. The van der Waals surface area contributed by atoms with Gasteiger partial charge in [0.2, 0.25) is 0 Å². The predicted octanol–water partition coefficient (Wildman–Crippen LogP) is 2.00. The molecule has 0 saturated heterocycles. The van der Waals surface area contributed by atoms with Crippen molar-refractivity contribution in [2.24, 2.45) is 0 Å². The van der Waals surface area contributed by atoms with E-state index in [4.69, 9.17) is 14.2 Å². The minimum absolute atomic E-state index is 0.00154. The average molecular weight is 403 g/mol. The SMILES string of the molecule is COc1cccc(C(=O)OCC(=O)NCCNc2ccc([N+](=O)[O-])cc2)c1OC. The predicted molar refractivity (Wildman–Crippen MR) is 104 cm³/mol. The van der Waals surface area contributed by atoms with Gasteiger partial charge in [-0.15, -0.1) is 0 Å². The molecule has 2 aromatic rings. The molecule has 2 N–H and O–H groups in total. The maximum absolute atomic E-state index is 12.2. The third-order valence-electron chi connectivity index (χ3n) is 3.81. The van der Waals surface area contributed by atoms with Crippen LogP contribution in [-0.2, 0) is 9.53 Å². The Morgan fingerprint density at radius 2 is 1.76 bits per heavy atom. The van der Waals surface area contributed by atoms with Gasteiger partial charge in [0.1, 0.15) is 5.56 Å². The lowest BCUT2D eigenvalue weighted by Crippen LogP contribution is -2.32. The molecule has 0 unspecified atom stereocenters. The van der Waals surface area contributed by atoms with E-state index >= 15 is 0 Å². The summed E-state index contributed by atoms with van der Waals surface area (Å²) in [6, 6.07) is 10.7. The number of methoxy groups -OCH3 is 2. The lowest BCUT2D eigenvalue weighted by molar-refractivity contribution is -0.384. The number of benzene rings is 2. The van der Waals surface area contributed by atoms with E-state index < -0.39 is 23.4 Å².